The lowest BCUT2D eigenvalue weighted by molar-refractivity contribution is -0.173. The molecule has 2 unspecified atom stereocenters. The number of hydrogen-bond acceptors (Lipinski definition) is 4. The van der Waals surface area contributed by atoms with Crippen LogP contribution in [-0.4, -0.2) is 35.4 Å². The van der Waals surface area contributed by atoms with Gasteiger partial charge in [0.1, 0.15) is 0 Å². The summed E-state index contributed by atoms with van der Waals surface area (Å²) in [6.45, 7) is 3.62. The lowest BCUT2D eigenvalue weighted by Gasteiger charge is -2.30. The van der Waals surface area contributed by atoms with Crippen molar-refractivity contribution in [3.05, 3.63) is 0 Å². The topological polar surface area (TPSA) is 72.8 Å². The predicted octanol–water partition coefficient (Wildman–Crippen LogP) is 2.91. The van der Waals surface area contributed by atoms with Crippen LogP contribution in [-0.2, 0) is 19.1 Å². The molecule has 0 radical (unpaired) electrons. The van der Waals surface area contributed by atoms with Crippen LogP contribution in [0, 0.1) is 5.41 Å². The van der Waals surface area contributed by atoms with E-state index >= 15 is 0 Å². The molecular weight excluding hydrogens is 272 g/mol. The van der Waals surface area contributed by atoms with Crippen molar-refractivity contribution in [2.45, 2.75) is 76.9 Å². The summed E-state index contributed by atoms with van der Waals surface area (Å²) in [5.41, 5.74) is -1.51. The molecular formula is C16H26O5. The predicted molar refractivity (Wildman–Crippen MR) is 76.9 cm³/mol. The molecule has 2 aliphatic rings. The van der Waals surface area contributed by atoms with Crippen LogP contribution in [0.4, 0.5) is 0 Å². The Morgan fingerprint density at radius 1 is 1.29 bits per heavy atom. The Hall–Kier alpha value is -1.10. The minimum atomic E-state index is -1.47. The highest BCUT2D eigenvalue weighted by molar-refractivity contribution is 5.99. The largest absolute Gasteiger partial charge is 0.480 e. The van der Waals surface area contributed by atoms with Crippen molar-refractivity contribution in [3.8, 4) is 0 Å². The first-order valence-electron chi connectivity index (χ1n) is 8.06. The Kier molecular flexibility index (Phi) is 4.91. The molecule has 0 aromatic heterocycles. The van der Waals surface area contributed by atoms with Crippen LogP contribution < -0.4 is 0 Å². The molecule has 0 bridgehead atoms. The van der Waals surface area contributed by atoms with E-state index in [0.717, 1.165) is 25.7 Å². The van der Waals surface area contributed by atoms with Gasteiger partial charge in [-0.05, 0) is 39.0 Å². The van der Waals surface area contributed by atoms with E-state index in [0.29, 0.717) is 0 Å². The summed E-state index contributed by atoms with van der Waals surface area (Å²) < 4.78 is 11.2. The van der Waals surface area contributed by atoms with Crippen LogP contribution in [0.5, 0.6) is 0 Å². The van der Waals surface area contributed by atoms with Crippen LogP contribution in [0.15, 0.2) is 0 Å². The summed E-state index contributed by atoms with van der Waals surface area (Å²) in [5, 5.41) is 9.58. The Balaban J connectivity index is 2.09. The van der Waals surface area contributed by atoms with Gasteiger partial charge in [0.15, 0.2) is 5.41 Å². The molecule has 2 rings (SSSR count). The maximum atomic E-state index is 12.2. The second-order valence-electron chi connectivity index (χ2n) is 6.33. The average molecular weight is 298 g/mol. The quantitative estimate of drug-likeness (QED) is 0.603. The molecule has 1 spiro atoms. The molecule has 1 N–H and O–H groups in total. The minimum absolute atomic E-state index is 0.0443. The monoisotopic (exact) mass is 298 g/mol. The first-order valence-corrected chi connectivity index (χ1v) is 8.06. The third-order valence-electron chi connectivity index (χ3n) is 5.11. The van der Waals surface area contributed by atoms with Gasteiger partial charge in [0.25, 0.3) is 0 Å². The van der Waals surface area contributed by atoms with Crippen LogP contribution in [0.25, 0.3) is 0 Å². The van der Waals surface area contributed by atoms with E-state index in [-0.39, 0.29) is 31.2 Å². The highest BCUT2D eigenvalue weighted by atomic mass is 16.5. The summed E-state index contributed by atoms with van der Waals surface area (Å²) >= 11 is 0. The number of carbonyl (C=O) groups is 2. The number of aliphatic carboxylic acids is 1. The van der Waals surface area contributed by atoms with Crippen LogP contribution in [0.2, 0.25) is 0 Å². The number of rotatable bonds is 6. The van der Waals surface area contributed by atoms with Gasteiger partial charge in [-0.25, -0.2) is 0 Å². The van der Waals surface area contributed by atoms with E-state index in [1.54, 1.807) is 13.8 Å². The number of carboxylic acid groups (broad SMARTS) is 1. The zero-order valence-electron chi connectivity index (χ0n) is 13.0. The van der Waals surface area contributed by atoms with Crippen molar-refractivity contribution in [3.63, 3.8) is 0 Å². The first kappa shape index (κ1) is 16.3. The number of carboxylic acids is 1. The zero-order chi connectivity index (χ0) is 15.5. The van der Waals surface area contributed by atoms with E-state index in [1.165, 1.54) is 12.8 Å². The molecule has 5 heteroatoms. The summed E-state index contributed by atoms with van der Waals surface area (Å²) in [6, 6.07) is 0. The Morgan fingerprint density at radius 2 is 1.95 bits per heavy atom. The Labute approximate surface area is 126 Å². The van der Waals surface area contributed by atoms with Gasteiger partial charge in [0.05, 0.1) is 18.3 Å². The van der Waals surface area contributed by atoms with Gasteiger partial charge < -0.3 is 14.6 Å². The highest BCUT2D eigenvalue weighted by Gasteiger charge is 2.51. The van der Waals surface area contributed by atoms with Crippen molar-refractivity contribution >= 4 is 11.9 Å². The van der Waals surface area contributed by atoms with Gasteiger partial charge in [-0.3, -0.25) is 9.59 Å². The number of hydrogen-bond donors (Lipinski definition) is 1. The minimum Gasteiger partial charge on any atom is -0.480 e. The number of ether oxygens (including phenoxy) is 2. The Bertz CT molecular complexity index is 399. The molecule has 2 fully saturated rings. The summed E-state index contributed by atoms with van der Waals surface area (Å²) in [4.78, 5) is 23.9. The van der Waals surface area contributed by atoms with Crippen molar-refractivity contribution in [1.82, 2.24) is 0 Å². The molecule has 1 aliphatic heterocycles. The van der Waals surface area contributed by atoms with Gasteiger partial charge in [-0.2, -0.15) is 0 Å². The van der Waals surface area contributed by atoms with Gasteiger partial charge in [-0.1, -0.05) is 19.8 Å². The van der Waals surface area contributed by atoms with E-state index in [2.05, 4.69) is 0 Å². The molecule has 0 amide bonds. The standard InChI is InChI=1S/C16H26O5/c1-3-16(13(17)18,14(19)20-4-2)11-12-7-10-15(21-12)8-5-6-9-15/h12H,3-11H2,1-2H3,(H,17,18). The van der Waals surface area contributed by atoms with Gasteiger partial charge in [0.2, 0.25) is 0 Å². The fraction of sp³-hybridized carbons (Fsp3) is 0.875. The van der Waals surface area contributed by atoms with Gasteiger partial charge in [0, 0.05) is 6.42 Å². The smallest absolute Gasteiger partial charge is 0.323 e. The Morgan fingerprint density at radius 3 is 2.48 bits per heavy atom. The molecule has 5 nitrogen and oxygen atoms in total. The van der Waals surface area contributed by atoms with E-state index < -0.39 is 17.4 Å². The van der Waals surface area contributed by atoms with Gasteiger partial charge in [-0.15, -0.1) is 0 Å². The number of carbonyl (C=O) groups excluding carboxylic acids is 1. The van der Waals surface area contributed by atoms with Crippen molar-refractivity contribution in [2.24, 2.45) is 5.41 Å². The average Bonchev–Trinajstić information content (AvgIpc) is 3.06. The number of esters is 1. The molecule has 1 aliphatic carbocycles. The highest BCUT2D eigenvalue weighted by Crippen LogP contribution is 2.46. The van der Waals surface area contributed by atoms with E-state index in [4.69, 9.17) is 9.47 Å². The maximum Gasteiger partial charge on any atom is 0.323 e. The molecule has 1 saturated heterocycles. The molecule has 21 heavy (non-hydrogen) atoms. The first-order chi connectivity index (χ1) is 9.98. The second kappa shape index (κ2) is 6.34. The molecule has 2 atom stereocenters. The van der Waals surface area contributed by atoms with Crippen molar-refractivity contribution in [2.75, 3.05) is 6.61 Å². The molecule has 120 valence electrons. The third-order valence-corrected chi connectivity index (χ3v) is 5.11. The van der Waals surface area contributed by atoms with E-state index in [1.807, 2.05) is 0 Å². The van der Waals surface area contributed by atoms with Crippen molar-refractivity contribution < 1.29 is 24.2 Å². The normalized spacial score (nSPS) is 26.7. The molecule has 1 heterocycles. The lowest BCUT2D eigenvalue weighted by atomic mass is 9.79. The SMILES string of the molecule is CCOC(=O)C(CC)(CC1CCC2(CCCC2)O1)C(=O)O. The summed E-state index contributed by atoms with van der Waals surface area (Å²) in [5.74, 6) is -1.73. The lowest BCUT2D eigenvalue weighted by Crippen LogP contribution is -2.43. The fourth-order valence-corrected chi connectivity index (χ4v) is 3.78. The molecule has 0 aromatic carbocycles. The molecule has 1 saturated carbocycles. The van der Waals surface area contributed by atoms with Crippen molar-refractivity contribution in [1.29, 1.82) is 0 Å². The zero-order valence-corrected chi connectivity index (χ0v) is 13.0. The maximum absolute atomic E-state index is 12.2. The van der Waals surface area contributed by atoms with Crippen LogP contribution >= 0.6 is 0 Å². The van der Waals surface area contributed by atoms with Crippen LogP contribution in [0.1, 0.15) is 65.2 Å². The third kappa shape index (κ3) is 3.07. The summed E-state index contributed by atoms with van der Waals surface area (Å²) in [6.07, 6.45) is 6.63. The fourth-order valence-electron chi connectivity index (χ4n) is 3.78. The molecule has 0 aromatic rings. The van der Waals surface area contributed by atoms with Crippen LogP contribution in [0.3, 0.4) is 0 Å². The van der Waals surface area contributed by atoms with E-state index in [9.17, 15) is 14.7 Å². The second-order valence-corrected chi connectivity index (χ2v) is 6.33. The van der Waals surface area contributed by atoms with Gasteiger partial charge >= 0.3 is 11.9 Å². The summed E-state index contributed by atoms with van der Waals surface area (Å²) in [7, 11) is 0.